The predicted molar refractivity (Wildman–Crippen MR) is 63.8 cm³/mol. The van der Waals surface area contributed by atoms with E-state index >= 15 is 0 Å². The van der Waals surface area contributed by atoms with Gasteiger partial charge in [0.15, 0.2) is 0 Å². The van der Waals surface area contributed by atoms with Crippen molar-refractivity contribution in [2.24, 2.45) is 0 Å². The molecule has 0 aliphatic heterocycles. The van der Waals surface area contributed by atoms with Crippen LogP contribution < -0.4 is 0 Å². The molecular formula is C13H26O2. The molecular weight excluding hydrogens is 188 g/mol. The van der Waals surface area contributed by atoms with Crippen LogP contribution in [0.4, 0.5) is 0 Å². The monoisotopic (exact) mass is 214 g/mol. The maximum Gasteiger partial charge on any atom is 0.306 e. The maximum absolute atomic E-state index is 11.3. The lowest BCUT2D eigenvalue weighted by Gasteiger charge is -2.10. The third kappa shape index (κ3) is 9.77. The van der Waals surface area contributed by atoms with Crippen molar-refractivity contribution in [3.63, 3.8) is 0 Å². The largest absolute Gasteiger partial charge is 0.463 e. The van der Waals surface area contributed by atoms with E-state index in [1.165, 1.54) is 25.7 Å². The first-order valence-corrected chi connectivity index (χ1v) is 6.40. The van der Waals surface area contributed by atoms with E-state index in [4.69, 9.17) is 4.74 Å². The fourth-order valence-electron chi connectivity index (χ4n) is 1.42. The molecule has 0 radical (unpaired) electrons. The van der Waals surface area contributed by atoms with Crippen molar-refractivity contribution in [3.8, 4) is 0 Å². The van der Waals surface area contributed by atoms with Crippen molar-refractivity contribution in [1.82, 2.24) is 0 Å². The summed E-state index contributed by atoms with van der Waals surface area (Å²) >= 11 is 0. The van der Waals surface area contributed by atoms with Gasteiger partial charge in [-0.25, -0.2) is 0 Å². The highest BCUT2D eigenvalue weighted by molar-refractivity contribution is 5.69. The molecule has 1 atom stereocenters. The molecule has 0 rings (SSSR count). The highest BCUT2D eigenvalue weighted by atomic mass is 16.5. The van der Waals surface area contributed by atoms with Gasteiger partial charge >= 0.3 is 5.97 Å². The van der Waals surface area contributed by atoms with Crippen LogP contribution in [0.15, 0.2) is 0 Å². The minimum absolute atomic E-state index is 0.0279. The third-order valence-electron chi connectivity index (χ3n) is 2.64. The minimum Gasteiger partial charge on any atom is -0.463 e. The first kappa shape index (κ1) is 14.5. The Morgan fingerprint density at radius 1 is 1.07 bits per heavy atom. The van der Waals surface area contributed by atoms with E-state index in [1.807, 2.05) is 13.8 Å². The van der Waals surface area contributed by atoms with Gasteiger partial charge in [0.2, 0.25) is 0 Å². The van der Waals surface area contributed by atoms with Gasteiger partial charge in [0.05, 0.1) is 6.10 Å². The van der Waals surface area contributed by atoms with Gasteiger partial charge < -0.3 is 4.74 Å². The topological polar surface area (TPSA) is 26.3 Å². The van der Waals surface area contributed by atoms with Crippen molar-refractivity contribution in [1.29, 1.82) is 0 Å². The van der Waals surface area contributed by atoms with Crippen LogP contribution in [-0.2, 0) is 9.53 Å². The van der Waals surface area contributed by atoms with Crippen LogP contribution in [0.25, 0.3) is 0 Å². The minimum atomic E-state index is -0.0279. The average Bonchev–Trinajstić information content (AvgIpc) is 2.23. The van der Waals surface area contributed by atoms with E-state index in [9.17, 15) is 4.79 Å². The number of carbonyl (C=O) groups is 1. The standard InChI is InChI=1S/C13H26O2/c1-4-6-7-8-9-10-11-13(14)15-12(3)5-2/h12H,4-11H2,1-3H3/t12-/m1/s1. The van der Waals surface area contributed by atoms with E-state index < -0.39 is 0 Å². The molecule has 0 fully saturated rings. The van der Waals surface area contributed by atoms with Gasteiger partial charge in [0.25, 0.3) is 0 Å². The normalized spacial score (nSPS) is 12.5. The lowest BCUT2D eigenvalue weighted by molar-refractivity contribution is -0.148. The number of hydrogen-bond donors (Lipinski definition) is 0. The van der Waals surface area contributed by atoms with E-state index in [0.29, 0.717) is 6.42 Å². The maximum atomic E-state index is 11.3. The third-order valence-corrected chi connectivity index (χ3v) is 2.64. The van der Waals surface area contributed by atoms with Crippen molar-refractivity contribution in [2.45, 2.75) is 78.2 Å². The number of rotatable bonds is 9. The summed E-state index contributed by atoms with van der Waals surface area (Å²) in [6.45, 7) is 6.19. The Hall–Kier alpha value is -0.530. The smallest absolute Gasteiger partial charge is 0.306 e. The first-order chi connectivity index (χ1) is 7.20. The van der Waals surface area contributed by atoms with Gasteiger partial charge in [-0.3, -0.25) is 4.79 Å². The van der Waals surface area contributed by atoms with Crippen LogP contribution in [0.5, 0.6) is 0 Å². The summed E-state index contributed by atoms with van der Waals surface area (Å²) in [6.07, 6.45) is 8.87. The predicted octanol–water partition coefficient (Wildman–Crippen LogP) is 4.08. The second-order valence-corrected chi connectivity index (χ2v) is 4.23. The van der Waals surface area contributed by atoms with Crippen LogP contribution in [-0.4, -0.2) is 12.1 Å². The van der Waals surface area contributed by atoms with Crippen LogP contribution in [0, 0.1) is 0 Å². The molecule has 0 unspecified atom stereocenters. The molecule has 0 aliphatic rings. The Bertz CT molecular complexity index is 155. The zero-order valence-corrected chi connectivity index (χ0v) is 10.6. The van der Waals surface area contributed by atoms with Gasteiger partial charge in [0.1, 0.15) is 0 Å². The summed E-state index contributed by atoms with van der Waals surface area (Å²) in [7, 11) is 0. The van der Waals surface area contributed by atoms with Gasteiger partial charge in [0, 0.05) is 6.42 Å². The second kappa shape index (κ2) is 10.0. The summed E-state index contributed by atoms with van der Waals surface area (Å²) in [4.78, 5) is 11.3. The highest BCUT2D eigenvalue weighted by Crippen LogP contribution is 2.08. The highest BCUT2D eigenvalue weighted by Gasteiger charge is 2.06. The molecule has 0 aliphatic carbocycles. The molecule has 2 heteroatoms. The van der Waals surface area contributed by atoms with Crippen LogP contribution in [0.3, 0.4) is 0 Å². The molecule has 90 valence electrons. The van der Waals surface area contributed by atoms with Gasteiger partial charge in [-0.1, -0.05) is 46.0 Å². The Morgan fingerprint density at radius 3 is 2.27 bits per heavy atom. The molecule has 0 aromatic carbocycles. The lowest BCUT2D eigenvalue weighted by Crippen LogP contribution is -2.13. The molecule has 0 heterocycles. The number of unbranched alkanes of at least 4 members (excludes halogenated alkanes) is 5. The summed E-state index contributed by atoms with van der Waals surface area (Å²) in [5.74, 6) is -0.0279. The van der Waals surface area contributed by atoms with Crippen LogP contribution in [0.1, 0.15) is 72.1 Å². The molecule has 0 bridgehead atoms. The fraction of sp³-hybridized carbons (Fsp3) is 0.923. The van der Waals surface area contributed by atoms with E-state index in [2.05, 4.69) is 6.92 Å². The molecule has 0 N–H and O–H groups in total. The number of ether oxygens (including phenoxy) is 1. The molecule has 0 saturated carbocycles. The molecule has 0 saturated heterocycles. The Balaban J connectivity index is 3.24. The Morgan fingerprint density at radius 2 is 1.67 bits per heavy atom. The van der Waals surface area contributed by atoms with Crippen molar-refractivity contribution in [3.05, 3.63) is 0 Å². The molecule has 0 aromatic rings. The molecule has 2 nitrogen and oxygen atoms in total. The van der Waals surface area contributed by atoms with E-state index in [1.54, 1.807) is 0 Å². The fourth-order valence-corrected chi connectivity index (χ4v) is 1.42. The molecule has 0 aromatic heterocycles. The summed E-state index contributed by atoms with van der Waals surface area (Å²) in [5.41, 5.74) is 0. The quantitative estimate of drug-likeness (QED) is 0.427. The van der Waals surface area contributed by atoms with Gasteiger partial charge in [-0.15, -0.1) is 0 Å². The summed E-state index contributed by atoms with van der Waals surface area (Å²) in [6, 6.07) is 0. The molecule has 0 amide bonds. The Labute approximate surface area is 94.4 Å². The SMILES string of the molecule is CCCCCCCCC(=O)O[C@H](C)CC. The summed E-state index contributed by atoms with van der Waals surface area (Å²) in [5, 5.41) is 0. The van der Waals surface area contributed by atoms with Gasteiger partial charge in [-0.05, 0) is 19.8 Å². The zero-order chi connectivity index (χ0) is 11.5. The lowest BCUT2D eigenvalue weighted by atomic mass is 10.1. The molecule has 15 heavy (non-hydrogen) atoms. The van der Waals surface area contributed by atoms with Crippen molar-refractivity contribution in [2.75, 3.05) is 0 Å². The van der Waals surface area contributed by atoms with Crippen LogP contribution in [0.2, 0.25) is 0 Å². The Kier molecular flexibility index (Phi) is 9.65. The first-order valence-electron chi connectivity index (χ1n) is 6.40. The number of esters is 1. The second-order valence-electron chi connectivity index (χ2n) is 4.23. The van der Waals surface area contributed by atoms with E-state index in [-0.39, 0.29) is 12.1 Å². The van der Waals surface area contributed by atoms with Crippen LogP contribution >= 0.6 is 0 Å². The average molecular weight is 214 g/mol. The van der Waals surface area contributed by atoms with Crippen molar-refractivity contribution < 1.29 is 9.53 Å². The van der Waals surface area contributed by atoms with Gasteiger partial charge in [-0.2, -0.15) is 0 Å². The summed E-state index contributed by atoms with van der Waals surface area (Å²) < 4.78 is 5.19. The zero-order valence-electron chi connectivity index (χ0n) is 10.6. The van der Waals surface area contributed by atoms with E-state index in [0.717, 1.165) is 19.3 Å². The number of hydrogen-bond acceptors (Lipinski definition) is 2. The molecule has 0 spiro atoms. The number of carbonyl (C=O) groups excluding carboxylic acids is 1. The van der Waals surface area contributed by atoms with Crippen molar-refractivity contribution >= 4 is 5.97 Å².